The molecule has 0 atom stereocenters. The Balaban J connectivity index is 0.00000176. The van der Waals surface area contributed by atoms with Crippen molar-refractivity contribution >= 4 is 40.1 Å². The van der Waals surface area contributed by atoms with Crippen LogP contribution in [-0.4, -0.2) is 35.3 Å². The third-order valence-electron chi connectivity index (χ3n) is 3.88. The van der Waals surface area contributed by atoms with Crippen LogP contribution < -0.4 is 0 Å². The van der Waals surface area contributed by atoms with Gasteiger partial charge in [-0.2, -0.15) is 0 Å². The summed E-state index contributed by atoms with van der Waals surface area (Å²) < 4.78 is 0. The zero-order valence-corrected chi connectivity index (χ0v) is 15.8. The number of likely N-dealkylation sites (N-methyl/N-ethyl adjacent to an activating group) is 1. The van der Waals surface area contributed by atoms with Gasteiger partial charge in [0.15, 0.2) is 11.5 Å². The predicted octanol–water partition coefficient (Wildman–Crippen LogP) is 4.06. The first-order valence-corrected chi connectivity index (χ1v) is 8.92. The van der Waals surface area contributed by atoms with Crippen LogP contribution in [0.4, 0.5) is 0 Å². The van der Waals surface area contributed by atoms with E-state index in [1.54, 1.807) is 29.2 Å². The number of halogens is 1. The fraction of sp³-hybridized carbons (Fsp3) is 0.375. The van der Waals surface area contributed by atoms with E-state index >= 15 is 0 Å². The van der Waals surface area contributed by atoms with E-state index in [4.69, 9.17) is 0 Å². The highest BCUT2D eigenvalue weighted by Crippen LogP contribution is 2.43. The van der Waals surface area contributed by atoms with Crippen molar-refractivity contribution < 1.29 is 10.2 Å². The largest absolute Gasteiger partial charge is 0.504 e. The van der Waals surface area contributed by atoms with Gasteiger partial charge in [0, 0.05) is 23.7 Å². The summed E-state index contributed by atoms with van der Waals surface area (Å²) in [6.07, 6.45) is 1.85. The van der Waals surface area contributed by atoms with Crippen LogP contribution in [0.5, 0.6) is 11.5 Å². The van der Waals surface area contributed by atoms with E-state index in [1.807, 2.05) is 6.07 Å². The number of hydrogen-bond donors (Lipinski definition) is 2. The van der Waals surface area contributed by atoms with Crippen molar-refractivity contribution in [2.45, 2.75) is 23.5 Å². The normalized spacial score (nSPS) is 15.0. The van der Waals surface area contributed by atoms with E-state index < -0.39 is 0 Å². The van der Waals surface area contributed by atoms with Gasteiger partial charge in [0.1, 0.15) is 0 Å². The number of nitrogens with zero attached hydrogens (tertiary/aromatic N) is 1. The van der Waals surface area contributed by atoms with E-state index in [2.05, 4.69) is 23.4 Å². The third kappa shape index (κ3) is 3.79. The summed E-state index contributed by atoms with van der Waals surface area (Å²) in [7, 11) is 2.12. The number of benzene rings is 1. The van der Waals surface area contributed by atoms with Gasteiger partial charge in [-0.3, -0.25) is 0 Å². The van der Waals surface area contributed by atoms with Crippen LogP contribution in [0.2, 0.25) is 0 Å². The Kier molecular flexibility index (Phi) is 6.20. The van der Waals surface area contributed by atoms with Gasteiger partial charge in [0.2, 0.25) is 0 Å². The molecule has 1 aromatic carbocycles. The highest BCUT2D eigenvalue weighted by atomic mass is 79.9. The predicted molar refractivity (Wildman–Crippen MR) is 98.9 cm³/mol. The maximum Gasteiger partial charge on any atom is 0.171 e. The SMILES string of the molecule is Br.CN1CCc2cc(O)c(O)c(SCc3cccs3)c2CC1. The molecule has 0 saturated carbocycles. The van der Waals surface area contributed by atoms with Gasteiger partial charge in [-0.25, -0.2) is 0 Å². The Morgan fingerprint density at radius 1 is 1.27 bits per heavy atom. The summed E-state index contributed by atoms with van der Waals surface area (Å²) in [4.78, 5) is 4.43. The first kappa shape index (κ1) is 17.7. The van der Waals surface area contributed by atoms with Crippen LogP contribution in [0.25, 0.3) is 0 Å². The minimum Gasteiger partial charge on any atom is -0.504 e. The van der Waals surface area contributed by atoms with Crippen molar-refractivity contribution in [3.63, 3.8) is 0 Å². The number of rotatable bonds is 3. The highest BCUT2D eigenvalue weighted by Gasteiger charge is 2.20. The number of fused-ring (bicyclic) bond motifs is 1. The van der Waals surface area contributed by atoms with Crippen LogP contribution in [0.1, 0.15) is 16.0 Å². The van der Waals surface area contributed by atoms with Gasteiger partial charge < -0.3 is 15.1 Å². The average molecular weight is 402 g/mol. The van der Waals surface area contributed by atoms with Crippen molar-refractivity contribution in [1.82, 2.24) is 4.90 Å². The molecule has 1 aliphatic rings. The van der Waals surface area contributed by atoms with Crippen molar-refractivity contribution in [2.24, 2.45) is 0 Å². The molecular weight excluding hydrogens is 382 g/mol. The molecule has 0 bridgehead atoms. The molecule has 0 saturated heterocycles. The van der Waals surface area contributed by atoms with Crippen LogP contribution in [0, 0.1) is 0 Å². The Labute approximate surface area is 149 Å². The molecule has 2 N–H and O–H groups in total. The van der Waals surface area contributed by atoms with Crippen molar-refractivity contribution in [2.75, 3.05) is 20.1 Å². The van der Waals surface area contributed by atoms with Crippen LogP contribution in [0.15, 0.2) is 28.5 Å². The molecule has 22 heavy (non-hydrogen) atoms. The molecule has 0 spiro atoms. The lowest BCUT2D eigenvalue weighted by Crippen LogP contribution is -2.20. The van der Waals surface area contributed by atoms with E-state index in [9.17, 15) is 10.2 Å². The first-order chi connectivity index (χ1) is 10.1. The second-order valence-electron chi connectivity index (χ2n) is 5.38. The molecule has 6 heteroatoms. The fourth-order valence-electron chi connectivity index (χ4n) is 2.64. The summed E-state index contributed by atoms with van der Waals surface area (Å²) in [6, 6.07) is 5.88. The summed E-state index contributed by atoms with van der Waals surface area (Å²) in [5.74, 6) is 0.878. The third-order valence-corrected chi connectivity index (χ3v) is 6.12. The number of hydrogen-bond acceptors (Lipinski definition) is 5. The van der Waals surface area contributed by atoms with Gasteiger partial charge in [-0.15, -0.1) is 40.1 Å². The second-order valence-corrected chi connectivity index (χ2v) is 7.40. The minimum absolute atomic E-state index is 0. The summed E-state index contributed by atoms with van der Waals surface area (Å²) in [6.45, 7) is 1.98. The molecule has 1 aliphatic heterocycles. The number of thioether (sulfide) groups is 1. The molecule has 2 heterocycles. The Morgan fingerprint density at radius 3 is 2.77 bits per heavy atom. The summed E-state index contributed by atoms with van der Waals surface area (Å²) in [5, 5.41) is 22.3. The number of aromatic hydroxyl groups is 2. The maximum atomic E-state index is 10.3. The maximum absolute atomic E-state index is 10.3. The lowest BCUT2D eigenvalue weighted by Gasteiger charge is -2.15. The average Bonchev–Trinajstić information content (AvgIpc) is 2.92. The zero-order valence-electron chi connectivity index (χ0n) is 12.4. The van der Waals surface area contributed by atoms with Gasteiger partial charge in [0.25, 0.3) is 0 Å². The minimum atomic E-state index is 0. The fourth-order valence-corrected chi connectivity index (χ4v) is 4.61. The van der Waals surface area contributed by atoms with Crippen molar-refractivity contribution in [1.29, 1.82) is 0 Å². The van der Waals surface area contributed by atoms with Crippen LogP contribution in [-0.2, 0) is 18.6 Å². The lowest BCUT2D eigenvalue weighted by molar-refractivity contribution is 0.352. The van der Waals surface area contributed by atoms with Gasteiger partial charge >= 0.3 is 0 Å². The van der Waals surface area contributed by atoms with Crippen molar-refractivity contribution in [3.8, 4) is 11.5 Å². The standard InChI is InChI=1S/C16H19NO2S2.BrH/c1-17-6-4-11-9-14(18)15(19)16(13(11)5-7-17)21-10-12-3-2-8-20-12;/h2-3,8-9,18-19H,4-7,10H2,1H3;1H. The molecule has 0 amide bonds. The number of phenolic OH excluding ortho intramolecular Hbond substituents is 2. The first-order valence-electron chi connectivity index (χ1n) is 7.05. The molecule has 0 aliphatic carbocycles. The lowest BCUT2D eigenvalue weighted by atomic mass is 10.0. The number of thiophene rings is 1. The molecule has 0 radical (unpaired) electrons. The smallest absolute Gasteiger partial charge is 0.171 e. The van der Waals surface area contributed by atoms with Gasteiger partial charge in [0.05, 0.1) is 4.90 Å². The number of phenols is 2. The van der Waals surface area contributed by atoms with Crippen molar-refractivity contribution in [3.05, 3.63) is 39.6 Å². The Morgan fingerprint density at radius 2 is 2.05 bits per heavy atom. The van der Waals surface area contributed by atoms with Crippen LogP contribution >= 0.6 is 40.1 Å². The molecule has 2 aromatic rings. The topological polar surface area (TPSA) is 43.7 Å². The molecular formula is C16H20BrNO2S2. The Hall–Kier alpha value is -0.690. The summed E-state index contributed by atoms with van der Waals surface area (Å²) >= 11 is 3.35. The Bertz CT molecular complexity index is 632. The van der Waals surface area contributed by atoms with E-state index in [0.717, 1.165) is 36.6 Å². The zero-order chi connectivity index (χ0) is 14.8. The van der Waals surface area contributed by atoms with Crippen LogP contribution in [0.3, 0.4) is 0 Å². The molecule has 3 nitrogen and oxygen atoms in total. The molecule has 3 rings (SSSR count). The monoisotopic (exact) mass is 401 g/mol. The van der Waals surface area contributed by atoms with E-state index in [0.29, 0.717) is 0 Å². The van der Waals surface area contributed by atoms with Gasteiger partial charge in [-0.1, -0.05) is 6.07 Å². The molecule has 0 fully saturated rings. The van der Waals surface area contributed by atoms with Gasteiger partial charge in [-0.05, 0) is 48.5 Å². The highest BCUT2D eigenvalue weighted by molar-refractivity contribution is 8.93. The molecule has 0 unspecified atom stereocenters. The second kappa shape index (κ2) is 7.73. The van der Waals surface area contributed by atoms with E-state index in [1.165, 1.54) is 16.0 Å². The quantitative estimate of drug-likeness (QED) is 0.600. The molecule has 120 valence electrons. The van der Waals surface area contributed by atoms with E-state index in [-0.39, 0.29) is 28.5 Å². The summed E-state index contributed by atoms with van der Waals surface area (Å²) in [5.41, 5.74) is 2.37. The molecule has 1 aromatic heterocycles.